The van der Waals surface area contributed by atoms with E-state index in [0.29, 0.717) is 28.4 Å². The molecule has 0 unspecified atom stereocenters. The van der Waals surface area contributed by atoms with Crippen LogP contribution in [0.1, 0.15) is 24.1 Å². The number of hydrogen-bond donors (Lipinski definition) is 0. The number of amides is 2. The van der Waals surface area contributed by atoms with Gasteiger partial charge in [0.05, 0.1) is 37.6 Å². The van der Waals surface area contributed by atoms with E-state index in [4.69, 9.17) is 19.0 Å². The van der Waals surface area contributed by atoms with Crippen molar-refractivity contribution in [2.75, 3.05) is 31.3 Å². The molecule has 0 bridgehead atoms. The van der Waals surface area contributed by atoms with Crippen LogP contribution in [-0.4, -0.2) is 44.2 Å². The Morgan fingerprint density at radius 1 is 0.897 bits per heavy atom. The minimum absolute atomic E-state index is 0.165. The third-order valence-corrected chi connectivity index (χ3v) is 7.07. The molecular formula is C28H27N3O8. The quantitative estimate of drug-likeness (QED) is 0.238. The number of nitro groups is 1. The van der Waals surface area contributed by atoms with E-state index in [1.807, 2.05) is 19.1 Å². The molecule has 5 rings (SSSR count). The van der Waals surface area contributed by atoms with Crippen molar-refractivity contribution in [2.45, 2.75) is 25.5 Å². The molecule has 2 aliphatic heterocycles. The molecular weight excluding hydrogens is 506 g/mol. The summed E-state index contributed by atoms with van der Waals surface area (Å²) < 4.78 is 16.7. The number of carbonyl (C=O) groups is 2. The average Bonchev–Trinajstić information content (AvgIpc) is 3.47. The van der Waals surface area contributed by atoms with Gasteiger partial charge in [0.1, 0.15) is 12.0 Å². The number of nitro benzene ring substituents is 1. The number of non-ortho nitro benzene ring substituents is 1. The molecule has 0 spiro atoms. The summed E-state index contributed by atoms with van der Waals surface area (Å²) in [4.78, 5) is 45.9. The molecule has 2 amide bonds. The first kappa shape index (κ1) is 26.0. The third kappa shape index (κ3) is 4.20. The van der Waals surface area contributed by atoms with Crippen molar-refractivity contribution in [3.05, 3.63) is 81.9 Å². The second-order valence-corrected chi connectivity index (χ2v) is 9.05. The molecule has 0 saturated carbocycles. The number of methoxy groups -OCH3 is 3. The van der Waals surface area contributed by atoms with E-state index in [-0.39, 0.29) is 11.4 Å². The maximum Gasteiger partial charge on any atom is 0.271 e. The minimum Gasteiger partial charge on any atom is -0.493 e. The van der Waals surface area contributed by atoms with E-state index in [2.05, 4.69) is 0 Å². The highest BCUT2D eigenvalue weighted by Gasteiger charge is 2.61. The summed E-state index contributed by atoms with van der Waals surface area (Å²) in [6.07, 6.45) is -0.346. The van der Waals surface area contributed by atoms with Gasteiger partial charge in [-0.25, -0.2) is 9.96 Å². The van der Waals surface area contributed by atoms with E-state index < -0.39 is 34.8 Å². The molecule has 0 radical (unpaired) electrons. The summed E-state index contributed by atoms with van der Waals surface area (Å²) >= 11 is 0. The SMILES string of the molecule is CCc1ccc(N2C(=O)[C@@H]3[C@@H](ON(c4cccc([N+](=O)[O-])c4)[C@H]3c3ccc(OC)c(OC)c3OC)C2=O)cc1. The fourth-order valence-electron chi connectivity index (χ4n) is 5.19. The van der Waals surface area contributed by atoms with Gasteiger partial charge in [0.2, 0.25) is 11.7 Å². The van der Waals surface area contributed by atoms with Crippen LogP contribution in [0.2, 0.25) is 0 Å². The molecule has 0 N–H and O–H groups in total. The van der Waals surface area contributed by atoms with Gasteiger partial charge in [-0.15, -0.1) is 0 Å². The zero-order valence-electron chi connectivity index (χ0n) is 21.8. The highest BCUT2D eigenvalue weighted by Crippen LogP contribution is 2.52. The molecule has 39 heavy (non-hydrogen) atoms. The summed E-state index contributed by atoms with van der Waals surface area (Å²) in [5.41, 5.74) is 2.14. The van der Waals surface area contributed by atoms with Crippen LogP contribution in [0.3, 0.4) is 0 Å². The molecule has 3 aromatic carbocycles. The number of rotatable bonds is 8. The van der Waals surface area contributed by atoms with Crippen molar-refractivity contribution in [3.63, 3.8) is 0 Å². The van der Waals surface area contributed by atoms with Crippen molar-refractivity contribution >= 4 is 28.9 Å². The zero-order valence-corrected chi connectivity index (χ0v) is 21.8. The van der Waals surface area contributed by atoms with Crippen LogP contribution < -0.4 is 24.2 Å². The molecule has 2 fully saturated rings. The Balaban J connectivity index is 1.66. The number of carbonyl (C=O) groups excluding carboxylic acids is 2. The lowest BCUT2D eigenvalue weighted by atomic mass is 9.89. The van der Waals surface area contributed by atoms with Gasteiger partial charge < -0.3 is 14.2 Å². The van der Waals surface area contributed by atoms with Crippen molar-refractivity contribution in [1.29, 1.82) is 0 Å². The molecule has 3 aromatic rings. The van der Waals surface area contributed by atoms with Gasteiger partial charge in [-0.05, 0) is 42.3 Å². The maximum atomic E-state index is 14.0. The predicted octanol–water partition coefficient (Wildman–Crippen LogP) is 4.23. The molecule has 11 heteroatoms. The predicted molar refractivity (Wildman–Crippen MR) is 141 cm³/mol. The van der Waals surface area contributed by atoms with Gasteiger partial charge in [-0.2, -0.15) is 0 Å². The van der Waals surface area contributed by atoms with Gasteiger partial charge >= 0.3 is 0 Å². The maximum absolute atomic E-state index is 14.0. The number of benzene rings is 3. The van der Waals surface area contributed by atoms with Crippen LogP contribution in [0.25, 0.3) is 0 Å². The average molecular weight is 534 g/mol. The highest BCUT2D eigenvalue weighted by atomic mass is 16.7. The van der Waals surface area contributed by atoms with E-state index in [9.17, 15) is 19.7 Å². The molecule has 202 valence electrons. The monoisotopic (exact) mass is 533 g/mol. The fourth-order valence-corrected chi connectivity index (χ4v) is 5.19. The Labute approximate surface area is 224 Å². The van der Waals surface area contributed by atoms with E-state index in [1.165, 1.54) is 44.6 Å². The van der Waals surface area contributed by atoms with Gasteiger partial charge in [-0.1, -0.05) is 25.1 Å². The number of imide groups is 1. The van der Waals surface area contributed by atoms with Crippen molar-refractivity contribution in [1.82, 2.24) is 0 Å². The Morgan fingerprint density at radius 3 is 2.23 bits per heavy atom. The Kier molecular flexibility index (Phi) is 6.83. The first-order valence-corrected chi connectivity index (χ1v) is 12.3. The van der Waals surface area contributed by atoms with Crippen LogP contribution in [-0.2, 0) is 20.8 Å². The molecule has 2 aliphatic rings. The molecule has 2 saturated heterocycles. The second kappa shape index (κ2) is 10.3. The standard InChI is InChI=1S/C28H27N3O8/c1-5-16-9-11-17(12-10-16)29-27(32)22-23(20-13-14-21(36-2)25(38-4)24(20)37-3)30(39-26(22)28(29)33)18-7-6-8-19(15-18)31(34)35/h6-15,22-23,26H,5H2,1-4H3/t22-,23-,26+/m0/s1. The Hall–Kier alpha value is -4.64. The van der Waals surface area contributed by atoms with Gasteiger partial charge in [0.15, 0.2) is 17.6 Å². The minimum atomic E-state index is -1.16. The van der Waals surface area contributed by atoms with E-state index in [0.717, 1.165) is 16.9 Å². The van der Waals surface area contributed by atoms with Crippen LogP contribution in [0, 0.1) is 16.0 Å². The zero-order chi connectivity index (χ0) is 27.8. The van der Waals surface area contributed by atoms with Crippen molar-refractivity contribution in [2.24, 2.45) is 5.92 Å². The number of anilines is 2. The lowest BCUT2D eigenvalue weighted by Gasteiger charge is -2.30. The number of nitrogens with zero attached hydrogens (tertiary/aromatic N) is 3. The molecule has 11 nitrogen and oxygen atoms in total. The largest absolute Gasteiger partial charge is 0.493 e. The fraction of sp³-hybridized carbons (Fsp3) is 0.286. The molecule has 0 aromatic heterocycles. The number of hydroxylamine groups is 1. The first-order chi connectivity index (χ1) is 18.8. The van der Waals surface area contributed by atoms with Crippen molar-refractivity contribution in [3.8, 4) is 17.2 Å². The summed E-state index contributed by atoms with van der Waals surface area (Å²) in [5.74, 6) is -0.969. The molecule has 0 aliphatic carbocycles. The summed E-state index contributed by atoms with van der Waals surface area (Å²) in [7, 11) is 4.40. The van der Waals surface area contributed by atoms with Crippen LogP contribution >= 0.6 is 0 Å². The van der Waals surface area contributed by atoms with Gasteiger partial charge in [0, 0.05) is 17.7 Å². The normalized spacial score (nSPS) is 20.3. The lowest BCUT2D eigenvalue weighted by molar-refractivity contribution is -0.384. The smallest absolute Gasteiger partial charge is 0.271 e. The lowest BCUT2D eigenvalue weighted by Crippen LogP contribution is -2.37. The van der Waals surface area contributed by atoms with E-state index >= 15 is 0 Å². The Bertz CT molecular complexity index is 1440. The van der Waals surface area contributed by atoms with Crippen LogP contribution in [0.15, 0.2) is 60.7 Å². The summed E-state index contributed by atoms with van der Waals surface area (Å²) in [5, 5.41) is 12.9. The van der Waals surface area contributed by atoms with Crippen molar-refractivity contribution < 1.29 is 33.6 Å². The Morgan fingerprint density at radius 2 is 1.62 bits per heavy atom. The summed E-state index contributed by atoms with van der Waals surface area (Å²) in [6, 6.07) is 15.5. The number of ether oxygens (including phenoxy) is 3. The van der Waals surface area contributed by atoms with Gasteiger partial charge in [0.25, 0.3) is 11.6 Å². The molecule has 2 heterocycles. The van der Waals surface area contributed by atoms with E-state index in [1.54, 1.807) is 30.3 Å². The number of aryl methyl sites for hydroxylation is 1. The van der Waals surface area contributed by atoms with Crippen LogP contribution in [0.5, 0.6) is 17.2 Å². The highest BCUT2D eigenvalue weighted by molar-refractivity contribution is 6.24. The first-order valence-electron chi connectivity index (χ1n) is 12.3. The second-order valence-electron chi connectivity index (χ2n) is 9.05. The molecule has 3 atom stereocenters. The topological polar surface area (TPSA) is 121 Å². The number of fused-ring (bicyclic) bond motifs is 1. The van der Waals surface area contributed by atoms with Gasteiger partial charge in [-0.3, -0.25) is 24.5 Å². The summed E-state index contributed by atoms with van der Waals surface area (Å²) in [6.45, 7) is 2.02. The van der Waals surface area contributed by atoms with Crippen LogP contribution in [0.4, 0.5) is 17.1 Å². The third-order valence-electron chi connectivity index (χ3n) is 7.07. The number of hydrogen-bond acceptors (Lipinski definition) is 9.